The van der Waals surface area contributed by atoms with Crippen LogP contribution in [0.5, 0.6) is 0 Å². The van der Waals surface area contributed by atoms with E-state index in [0.717, 1.165) is 16.7 Å². The Bertz CT molecular complexity index is 1040. The van der Waals surface area contributed by atoms with E-state index in [2.05, 4.69) is 27.4 Å². The zero-order valence-corrected chi connectivity index (χ0v) is 16.6. The maximum Gasteiger partial charge on any atom is 0.315 e. The highest BCUT2D eigenvalue weighted by molar-refractivity contribution is 5.75. The largest absolute Gasteiger partial charge is 0.337 e. The number of nitrogens with zero attached hydrogens (tertiary/aromatic N) is 2. The molecule has 6 nitrogen and oxygen atoms in total. The van der Waals surface area contributed by atoms with Gasteiger partial charge in [0.05, 0.1) is 17.6 Å². The van der Waals surface area contributed by atoms with E-state index in [1.165, 1.54) is 6.07 Å². The highest BCUT2D eigenvalue weighted by Gasteiger charge is 2.23. The summed E-state index contributed by atoms with van der Waals surface area (Å²) in [6.45, 7) is 9.73. The number of aromatic nitrogens is 2. The lowest BCUT2D eigenvalue weighted by Crippen LogP contribution is -2.46. The minimum atomic E-state index is -0.608. The second-order valence-corrected chi connectivity index (χ2v) is 7.29. The lowest BCUT2D eigenvalue weighted by Gasteiger charge is -2.27. The maximum absolute atomic E-state index is 13.8. The number of carbonyl (C=O) groups is 1. The molecule has 0 aliphatic carbocycles. The van der Waals surface area contributed by atoms with Gasteiger partial charge in [0.1, 0.15) is 5.82 Å². The van der Waals surface area contributed by atoms with Crippen molar-refractivity contribution in [3.63, 3.8) is 0 Å². The summed E-state index contributed by atoms with van der Waals surface area (Å²) in [5.74, 6) is -0.123. The standard InChI is InChI=1S/C22H23FN4O2/c1-14(2)15-8-7-9-16(12-15)22(3,4)26-21(28)24-13-19-25-20(27-29-19)17-10-5-6-11-18(17)23/h5-12H,1,13H2,2-4H3,(H2,24,26,28). The molecule has 0 saturated heterocycles. The fraction of sp³-hybridized carbons (Fsp3) is 0.227. The summed E-state index contributed by atoms with van der Waals surface area (Å²) < 4.78 is 18.9. The van der Waals surface area contributed by atoms with Gasteiger partial charge in [0, 0.05) is 0 Å². The van der Waals surface area contributed by atoms with Crippen molar-refractivity contribution in [2.75, 3.05) is 0 Å². The van der Waals surface area contributed by atoms with E-state index in [1.54, 1.807) is 18.2 Å². The van der Waals surface area contributed by atoms with Crippen molar-refractivity contribution in [2.24, 2.45) is 0 Å². The first-order valence-electron chi connectivity index (χ1n) is 9.16. The number of amides is 2. The van der Waals surface area contributed by atoms with E-state index in [1.807, 2.05) is 45.0 Å². The number of rotatable bonds is 6. The third-order valence-electron chi connectivity index (χ3n) is 4.49. The van der Waals surface area contributed by atoms with Gasteiger partial charge in [0.15, 0.2) is 0 Å². The van der Waals surface area contributed by atoms with Crippen LogP contribution in [0.25, 0.3) is 17.0 Å². The second kappa shape index (κ2) is 8.26. The first-order valence-corrected chi connectivity index (χ1v) is 9.16. The van der Waals surface area contributed by atoms with Gasteiger partial charge in [-0.1, -0.05) is 47.6 Å². The van der Waals surface area contributed by atoms with Crippen LogP contribution in [-0.2, 0) is 12.1 Å². The van der Waals surface area contributed by atoms with E-state index >= 15 is 0 Å². The lowest BCUT2D eigenvalue weighted by atomic mass is 9.92. The predicted octanol–water partition coefficient (Wildman–Crippen LogP) is 4.64. The Morgan fingerprint density at radius 2 is 1.97 bits per heavy atom. The van der Waals surface area contributed by atoms with Crippen LogP contribution in [0.2, 0.25) is 0 Å². The maximum atomic E-state index is 13.8. The zero-order valence-electron chi connectivity index (χ0n) is 16.6. The van der Waals surface area contributed by atoms with Crippen LogP contribution in [0.15, 0.2) is 59.6 Å². The van der Waals surface area contributed by atoms with Gasteiger partial charge in [-0.25, -0.2) is 9.18 Å². The fourth-order valence-electron chi connectivity index (χ4n) is 2.81. The van der Waals surface area contributed by atoms with Crippen LogP contribution in [-0.4, -0.2) is 16.2 Å². The number of hydrogen-bond acceptors (Lipinski definition) is 4. The normalized spacial score (nSPS) is 11.2. The summed E-state index contributed by atoms with van der Waals surface area (Å²) in [7, 11) is 0. The van der Waals surface area contributed by atoms with Crippen LogP contribution >= 0.6 is 0 Å². The van der Waals surface area contributed by atoms with E-state index in [-0.39, 0.29) is 29.9 Å². The first-order chi connectivity index (χ1) is 13.8. The molecule has 2 aromatic carbocycles. The summed E-state index contributed by atoms with van der Waals surface area (Å²) in [6.07, 6.45) is 0. The summed E-state index contributed by atoms with van der Waals surface area (Å²) in [5, 5.41) is 9.38. The molecule has 0 aliphatic heterocycles. The Kier molecular flexibility index (Phi) is 5.77. The van der Waals surface area contributed by atoms with Crippen LogP contribution in [0, 0.1) is 5.82 Å². The molecule has 0 atom stereocenters. The smallest absolute Gasteiger partial charge is 0.315 e. The molecule has 0 spiro atoms. The van der Waals surface area contributed by atoms with Gasteiger partial charge in [0.2, 0.25) is 11.7 Å². The number of halogens is 1. The molecule has 0 fully saturated rings. The van der Waals surface area contributed by atoms with E-state index in [4.69, 9.17) is 4.52 Å². The van der Waals surface area contributed by atoms with Crippen molar-refractivity contribution in [3.8, 4) is 11.4 Å². The molecule has 0 radical (unpaired) electrons. The monoisotopic (exact) mass is 394 g/mol. The average molecular weight is 394 g/mol. The molecule has 3 rings (SSSR count). The minimum Gasteiger partial charge on any atom is -0.337 e. The molecule has 0 unspecified atom stereocenters. The van der Waals surface area contributed by atoms with Crippen molar-refractivity contribution < 1.29 is 13.7 Å². The predicted molar refractivity (Wildman–Crippen MR) is 109 cm³/mol. The van der Waals surface area contributed by atoms with Crippen molar-refractivity contribution in [1.82, 2.24) is 20.8 Å². The molecule has 0 bridgehead atoms. The van der Waals surface area contributed by atoms with E-state index in [9.17, 15) is 9.18 Å². The highest BCUT2D eigenvalue weighted by atomic mass is 19.1. The Labute approximate surface area is 168 Å². The van der Waals surface area contributed by atoms with Crippen LogP contribution in [0.1, 0.15) is 37.8 Å². The van der Waals surface area contributed by atoms with Gasteiger partial charge >= 0.3 is 6.03 Å². The SMILES string of the molecule is C=C(C)c1cccc(C(C)(C)NC(=O)NCc2nc(-c3ccccc3F)no2)c1. The molecule has 29 heavy (non-hydrogen) atoms. The molecule has 150 valence electrons. The van der Waals surface area contributed by atoms with Crippen molar-refractivity contribution in [3.05, 3.63) is 77.9 Å². The Balaban J connectivity index is 1.62. The second-order valence-electron chi connectivity index (χ2n) is 7.29. The Morgan fingerprint density at radius 3 is 2.69 bits per heavy atom. The molecule has 2 N–H and O–H groups in total. The highest BCUT2D eigenvalue weighted by Crippen LogP contribution is 2.23. The molecule has 0 aliphatic rings. The summed E-state index contributed by atoms with van der Waals surface area (Å²) in [5.41, 5.74) is 2.56. The Morgan fingerprint density at radius 1 is 1.21 bits per heavy atom. The Hall–Kier alpha value is -3.48. The molecule has 1 aromatic heterocycles. The number of nitrogens with one attached hydrogen (secondary N) is 2. The zero-order chi connectivity index (χ0) is 21.0. The van der Waals surface area contributed by atoms with E-state index < -0.39 is 11.4 Å². The van der Waals surface area contributed by atoms with Crippen molar-refractivity contribution >= 4 is 11.6 Å². The number of carbonyl (C=O) groups excluding carboxylic acids is 1. The molecule has 3 aromatic rings. The summed E-state index contributed by atoms with van der Waals surface area (Å²) in [6, 6.07) is 13.6. The quantitative estimate of drug-likeness (QED) is 0.638. The molecule has 1 heterocycles. The molecule has 0 saturated carbocycles. The fourth-order valence-corrected chi connectivity index (χ4v) is 2.81. The van der Waals surface area contributed by atoms with Gasteiger partial charge in [-0.05, 0) is 50.1 Å². The number of urea groups is 1. The third-order valence-corrected chi connectivity index (χ3v) is 4.49. The minimum absolute atomic E-state index is 0.0230. The molecule has 2 amide bonds. The van der Waals surface area contributed by atoms with Crippen LogP contribution in [0.3, 0.4) is 0 Å². The molecular formula is C22H23FN4O2. The topological polar surface area (TPSA) is 80.0 Å². The molecule has 7 heteroatoms. The lowest BCUT2D eigenvalue weighted by molar-refractivity contribution is 0.227. The number of benzene rings is 2. The third kappa shape index (κ3) is 4.87. The first kappa shape index (κ1) is 20.3. The molecular weight excluding hydrogens is 371 g/mol. The van der Waals surface area contributed by atoms with Gasteiger partial charge in [0.25, 0.3) is 0 Å². The van der Waals surface area contributed by atoms with Crippen molar-refractivity contribution in [1.29, 1.82) is 0 Å². The summed E-state index contributed by atoms with van der Waals surface area (Å²) >= 11 is 0. The van der Waals surface area contributed by atoms with Crippen LogP contribution < -0.4 is 10.6 Å². The van der Waals surface area contributed by atoms with Gasteiger partial charge in [-0.2, -0.15) is 4.98 Å². The average Bonchev–Trinajstić information content (AvgIpc) is 3.15. The number of allylic oxidation sites excluding steroid dienone is 1. The van der Waals surface area contributed by atoms with Gasteiger partial charge in [-0.3, -0.25) is 0 Å². The number of hydrogen-bond donors (Lipinski definition) is 2. The van der Waals surface area contributed by atoms with Crippen molar-refractivity contribution in [2.45, 2.75) is 32.9 Å². The van der Waals surface area contributed by atoms with Gasteiger partial charge < -0.3 is 15.2 Å². The van der Waals surface area contributed by atoms with Crippen LogP contribution in [0.4, 0.5) is 9.18 Å². The van der Waals surface area contributed by atoms with Gasteiger partial charge in [-0.15, -0.1) is 0 Å². The van der Waals surface area contributed by atoms with E-state index in [0.29, 0.717) is 0 Å². The summed E-state index contributed by atoms with van der Waals surface area (Å²) in [4.78, 5) is 16.5.